The van der Waals surface area contributed by atoms with Crippen molar-refractivity contribution in [3.63, 3.8) is 0 Å². The van der Waals surface area contributed by atoms with Gasteiger partial charge in [-0.3, -0.25) is 4.79 Å². The summed E-state index contributed by atoms with van der Waals surface area (Å²) in [6, 6.07) is 4.49. The molecule has 2 N–H and O–H groups in total. The van der Waals surface area contributed by atoms with Crippen molar-refractivity contribution in [2.24, 2.45) is 11.7 Å². The highest BCUT2D eigenvalue weighted by atomic mass is 35.5. The first kappa shape index (κ1) is 20.6. The molecule has 0 aromatic heterocycles. The van der Waals surface area contributed by atoms with Gasteiger partial charge in [0.05, 0.1) is 5.56 Å². The van der Waals surface area contributed by atoms with Gasteiger partial charge in [0.2, 0.25) is 0 Å². The number of rotatable bonds is 4. The third-order valence-electron chi connectivity index (χ3n) is 4.09. The summed E-state index contributed by atoms with van der Waals surface area (Å²) in [5, 5.41) is 0. The summed E-state index contributed by atoms with van der Waals surface area (Å²) >= 11 is 0. The Hall–Kier alpha value is -1.47. The molecule has 0 saturated carbocycles. The van der Waals surface area contributed by atoms with Gasteiger partial charge in [-0.05, 0) is 37.0 Å². The van der Waals surface area contributed by atoms with Crippen molar-refractivity contribution in [2.45, 2.75) is 32.0 Å². The number of carbonyl (C=O) groups excluding carboxylic acids is 1. The summed E-state index contributed by atoms with van der Waals surface area (Å²) in [6.07, 6.45) is -2.70. The van der Waals surface area contributed by atoms with Crippen LogP contribution in [0.5, 0.6) is 5.75 Å². The SMILES string of the molecule is CC1CCN(C(=O)COc2cccc(C(F)(F)F)c2)C(CN)C1.Cl. The van der Waals surface area contributed by atoms with Crippen LogP contribution in [0.15, 0.2) is 24.3 Å². The van der Waals surface area contributed by atoms with Crippen molar-refractivity contribution in [1.29, 1.82) is 0 Å². The summed E-state index contributed by atoms with van der Waals surface area (Å²) in [7, 11) is 0. The van der Waals surface area contributed by atoms with Crippen LogP contribution in [-0.2, 0) is 11.0 Å². The highest BCUT2D eigenvalue weighted by Gasteiger charge is 2.31. The fourth-order valence-electron chi connectivity index (χ4n) is 2.79. The van der Waals surface area contributed by atoms with E-state index in [0.717, 1.165) is 25.0 Å². The van der Waals surface area contributed by atoms with Crippen molar-refractivity contribution < 1.29 is 22.7 Å². The molecule has 24 heavy (non-hydrogen) atoms. The number of nitrogens with two attached hydrogens (primary N) is 1. The van der Waals surface area contributed by atoms with Crippen LogP contribution in [0.2, 0.25) is 0 Å². The summed E-state index contributed by atoms with van der Waals surface area (Å²) < 4.78 is 43.2. The van der Waals surface area contributed by atoms with Gasteiger partial charge < -0.3 is 15.4 Å². The zero-order valence-electron chi connectivity index (χ0n) is 13.4. The van der Waals surface area contributed by atoms with Gasteiger partial charge in [0.15, 0.2) is 6.61 Å². The maximum absolute atomic E-state index is 12.6. The maximum atomic E-state index is 12.6. The van der Waals surface area contributed by atoms with Gasteiger partial charge in [0.1, 0.15) is 5.75 Å². The first-order chi connectivity index (χ1) is 10.8. The Labute approximate surface area is 145 Å². The number of amides is 1. The van der Waals surface area contributed by atoms with E-state index >= 15 is 0 Å². The highest BCUT2D eigenvalue weighted by molar-refractivity contribution is 5.85. The standard InChI is InChI=1S/C16H21F3N2O2.ClH/c1-11-5-6-21(13(7-11)9-20)15(22)10-23-14-4-2-3-12(8-14)16(17,18)19;/h2-4,8,11,13H,5-7,9-10,20H2,1H3;1H. The lowest BCUT2D eigenvalue weighted by Crippen LogP contribution is -2.50. The second-order valence-electron chi connectivity index (χ2n) is 5.92. The van der Waals surface area contributed by atoms with Gasteiger partial charge in [0, 0.05) is 19.1 Å². The van der Waals surface area contributed by atoms with Crippen LogP contribution in [-0.4, -0.2) is 36.5 Å². The average Bonchev–Trinajstić information content (AvgIpc) is 2.52. The van der Waals surface area contributed by atoms with Crippen molar-refractivity contribution >= 4 is 18.3 Å². The van der Waals surface area contributed by atoms with Gasteiger partial charge in [0.25, 0.3) is 5.91 Å². The van der Waals surface area contributed by atoms with Crippen LogP contribution in [0, 0.1) is 5.92 Å². The smallest absolute Gasteiger partial charge is 0.416 e. The monoisotopic (exact) mass is 366 g/mol. The van der Waals surface area contributed by atoms with Crippen molar-refractivity contribution in [1.82, 2.24) is 4.90 Å². The minimum absolute atomic E-state index is 0. The quantitative estimate of drug-likeness (QED) is 0.890. The van der Waals surface area contributed by atoms with Gasteiger partial charge in [-0.25, -0.2) is 0 Å². The molecule has 0 spiro atoms. The van der Waals surface area contributed by atoms with Gasteiger partial charge in [-0.1, -0.05) is 13.0 Å². The first-order valence-corrected chi connectivity index (χ1v) is 7.61. The predicted molar refractivity (Wildman–Crippen MR) is 87.1 cm³/mol. The summed E-state index contributed by atoms with van der Waals surface area (Å²) in [5.41, 5.74) is 4.91. The Balaban J connectivity index is 0.00000288. The number of hydrogen-bond donors (Lipinski definition) is 1. The first-order valence-electron chi connectivity index (χ1n) is 7.61. The Morgan fingerprint density at radius 3 is 2.75 bits per heavy atom. The molecule has 0 bridgehead atoms. The second kappa shape index (κ2) is 8.58. The van der Waals surface area contributed by atoms with E-state index in [9.17, 15) is 18.0 Å². The third-order valence-corrected chi connectivity index (χ3v) is 4.09. The highest BCUT2D eigenvalue weighted by Crippen LogP contribution is 2.31. The predicted octanol–water partition coefficient (Wildman–Crippen LogP) is 3.09. The molecule has 2 unspecified atom stereocenters. The zero-order valence-corrected chi connectivity index (χ0v) is 14.2. The number of benzene rings is 1. The van der Waals surface area contributed by atoms with Gasteiger partial charge in [-0.2, -0.15) is 13.2 Å². The van der Waals surface area contributed by atoms with Crippen LogP contribution < -0.4 is 10.5 Å². The molecule has 1 aromatic carbocycles. The van der Waals surface area contributed by atoms with E-state index in [1.165, 1.54) is 12.1 Å². The number of halogens is 4. The molecular formula is C16H22ClF3N2O2. The van der Waals surface area contributed by atoms with Crippen molar-refractivity contribution in [2.75, 3.05) is 19.7 Å². The molecule has 0 aliphatic carbocycles. The minimum atomic E-state index is -4.43. The molecule has 2 atom stereocenters. The fraction of sp³-hybridized carbons (Fsp3) is 0.562. The summed E-state index contributed by atoms with van der Waals surface area (Å²) in [6.45, 7) is 2.81. The Bertz CT molecular complexity index is 554. The van der Waals surface area contributed by atoms with Gasteiger partial charge >= 0.3 is 6.18 Å². The van der Waals surface area contributed by atoms with Crippen LogP contribution in [0.4, 0.5) is 13.2 Å². The van der Waals surface area contributed by atoms with Gasteiger partial charge in [-0.15, -0.1) is 12.4 Å². The minimum Gasteiger partial charge on any atom is -0.484 e. The summed E-state index contributed by atoms with van der Waals surface area (Å²) in [5.74, 6) is 0.296. The molecule has 1 aliphatic heterocycles. The van der Waals surface area contributed by atoms with Crippen molar-refractivity contribution in [3.05, 3.63) is 29.8 Å². The van der Waals surface area contributed by atoms with Crippen LogP contribution in [0.3, 0.4) is 0 Å². The maximum Gasteiger partial charge on any atom is 0.416 e. The molecule has 1 heterocycles. The van der Waals surface area contributed by atoms with E-state index in [0.29, 0.717) is 19.0 Å². The summed E-state index contributed by atoms with van der Waals surface area (Å²) in [4.78, 5) is 13.9. The number of likely N-dealkylation sites (tertiary alicyclic amines) is 1. The Morgan fingerprint density at radius 2 is 2.12 bits per heavy atom. The third kappa shape index (κ3) is 5.27. The topological polar surface area (TPSA) is 55.6 Å². The number of hydrogen-bond acceptors (Lipinski definition) is 3. The van der Waals surface area contributed by atoms with Crippen molar-refractivity contribution in [3.8, 4) is 5.75 Å². The number of alkyl halides is 3. The zero-order chi connectivity index (χ0) is 17.0. The molecule has 4 nitrogen and oxygen atoms in total. The van der Waals surface area contributed by atoms with Crippen LogP contribution >= 0.6 is 12.4 Å². The van der Waals surface area contributed by atoms with E-state index < -0.39 is 11.7 Å². The molecule has 136 valence electrons. The second-order valence-corrected chi connectivity index (χ2v) is 5.92. The van der Waals surface area contributed by atoms with E-state index in [1.807, 2.05) is 0 Å². The normalized spacial score (nSPS) is 21.1. The number of piperidine rings is 1. The lowest BCUT2D eigenvalue weighted by Gasteiger charge is -2.37. The number of carbonyl (C=O) groups is 1. The van der Waals surface area contributed by atoms with Crippen LogP contribution in [0.1, 0.15) is 25.3 Å². The molecule has 8 heteroatoms. The Morgan fingerprint density at radius 1 is 1.42 bits per heavy atom. The van der Waals surface area contributed by atoms with E-state index in [2.05, 4.69) is 6.92 Å². The fourth-order valence-corrected chi connectivity index (χ4v) is 2.79. The van der Waals surface area contributed by atoms with E-state index in [-0.39, 0.29) is 36.7 Å². The largest absolute Gasteiger partial charge is 0.484 e. The molecule has 1 saturated heterocycles. The molecule has 1 fully saturated rings. The van der Waals surface area contributed by atoms with E-state index in [4.69, 9.17) is 10.5 Å². The molecule has 0 radical (unpaired) electrons. The molecular weight excluding hydrogens is 345 g/mol. The molecule has 1 amide bonds. The molecule has 1 aromatic rings. The average molecular weight is 367 g/mol. The van der Waals surface area contributed by atoms with E-state index in [1.54, 1.807) is 4.90 Å². The number of nitrogens with zero attached hydrogens (tertiary/aromatic N) is 1. The molecule has 2 rings (SSSR count). The van der Waals surface area contributed by atoms with Crippen LogP contribution in [0.25, 0.3) is 0 Å². The number of ether oxygens (including phenoxy) is 1. The lowest BCUT2D eigenvalue weighted by atomic mass is 9.92. The Kier molecular flexibility index (Phi) is 7.35. The molecule has 1 aliphatic rings. The lowest BCUT2D eigenvalue weighted by molar-refractivity contribution is -0.137.